The Labute approximate surface area is 128 Å². The molecule has 0 aliphatic carbocycles. The van der Waals surface area contributed by atoms with E-state index in [4.69, 9.17) is 0 Å². The molecule has 3 nitrogen and oxygen atoms in total. The number of hydrogen-bond donors (Lipinski definition) is 1. The van der Waals surface area contributed by atoms with Gasteiger partial charge in [-0.1, -0.05) is 23.8 Å². The van der Waals surface area contributed by atoms with Crippen LogP contribution < -0.4 is 5.32 Å². The summed E-state index contributed by atoms with van der Waals surface area (Å²) in [5, 5.41) is 3.18. The molecular weight excluding hydrogens is 272 g/mol. The van der Waals surface area contributed by atoms with E-state index in [2.05, 4.69) is 42.3 Å². The van der Waals surface area contributed by atoms with Crippen LogP contribution in [0.4, 0.5) is 0 Å². The van der Waals surface area contributed by atoms with E-state index in [1.807, 2.05) is 7.05 Å². The van der Waals surface area contributed by atoms with Gasteiger partial charge in [0.15, 0.2) is 0 Å². The molecule has 1 aromatic rings. The molecule has 20 heavy (non-hydrogen) atoms. The Morgan fingerprint density at radius 1 is 1.40 bits per heavy atom. The fourth-order valence-corrected chi connectivity index (χ4v) is 2.87. The Hall–Kier alpha value is -1.06. The van der Waals surface area contributed by atoms with E-state index >= 15 is 0 Å². The molecule has 1 aliphatic rings. The lowest BCUT2D eigenvalue weighted by Crippen LogP contribution is -2.41. The summed E-state index contributed by atoms with van der Waals surface area (Å²) in [5.41, 5.74) is 3.60. The van der Waals surface area contributed by atoms with Gasteiger partial charge < -0.3 is 10.2 Å². The molecule has 112 valence electrons. The average Bonchev–Trinajstić information content (AvgIpc) is 2.82. The lowest BCUT2D eigenvalue weighted by atomic mass is 10.0. The maximum Gasteiger partial charge on any atom is 0.227 e. The molecule has 1 saturated heterocycles. The molecule has 4 heteroatoms. The third kappa shape index (κ3) is 3.97. The van der Waals surface area contributed by atoms with Crippen LogP contribution in [0.25, 0.3) is 0 Å². The fourth-order valence-electron chi connectivity index (χ4n) is 2.87. The van der Waals surface area contributed by atoms with Crippen molar-refractivity contribution in [2.24, 2.45) is 0 Å². The molecule has 1 heterocycles. The van der Waals surface area contributed by atoms with Crippen molar-refractivity contribution in [3.63, 3.8) is 0 Å². The highest BCUT2D eigenvalue weighted by atomic mass is 35.5. The predicted molar refractivity (Wildman–Crippen MR) is 85.5 cm³/mol. The minimum absolute atomic E-state index is 0. The van der Waals surface area contributed by atoms with E-state index in [9.17, 15) is 4.79 Å². The zero-order chi connectivity index (χ0) is 13.8. The second kappa shape index (κ2) is 7.65. The summed E-state index contributed by atoms with van der Waals surface area (Å²) < 4.78 is 0. The number of hydrogen-bond acceptors (Lipinski definition) is 2. The zero-order valence-corrected chi connectivity index (χ0v) is 13.4. The first-order chi connectivity index (χ1) is 9.11. The van der Waals surface area contributed by atoms with Gasteiger partial charge in [0.1, 0.15) is 0 Å². The van der Waals surface area contributed by atoms with Crippen molar-refractivity contribution < 1.29 is 4.79 Å². The molecule has 0 saturated carbocycles. The number of likely N-dealkylation sites (tertiary alicyclic amines) is 1. The smallest absolute Gasteiger partial charge is 0.227 e. The standard InChI is InChI=1S/C16H24N2O.ClH/c1-12-6-7-13(2)14(9-12)10-16(19)18-8-4-5-15(18)11-17-3;/h6-7,9,15,17H,4-5,8,10-11H2,1-3H3;1H. The molecule has 1 amide bonds. The van der Waals surface area contributed by atoms with Gasteiger partial charge in [0.2, 0.25) is 5.91 Å². The molecule has 1 fully saturated rings. The first-order valence-corrected chi connectivity index (χ1v) is 7.12. The topological polar surface area (TPSA) is 32.3 Å². The van der Waals surface area contributed by atoms with E-state index in [1.54, 1.807) is 0 Å². The molecule has 2 rings (SSSR count). The largest absolute Gasteiger partial charge is 0.338 e. The molecule has 0 aromatic heterocycles. The maximum absolute atomic E-state index is 12.5. The highest BCUT2D eigenvalue weighted by Gasteiger charge is 2.27. The highest BCUT2D eigenvalue weighted by molar-refractivity contribution is 5.85. The van der Waals surface area contributed by atoms with E-state index in [1.165, 1.54) is 16.7 Å². The Bertz CT molecular complexity index is 462. The molecular formula is C16H25ClN2O. The monoisotopic (exact) mass is 296 g/mol. The van der Waals surface area contributed by atoms with Crippen LogP contribution in [0.3, 0.4) is 0 Å². The third-order valence-electron chi connectivity index (χ3n) is 3.98. The van der Waals surface area contributed by atoms with Crippen molar-refractivity contribution in [3.05, 3.63) is 34.9 Å². The predicted octanol–water partition coefficient (Wildman–Crippen LogP) is 2.48. The van der Waals surface area contributed by atoms with Crippen LogP contribution in [0.2, 0.25) is 0 Å². The van der Waals surface area contributed by atoms with Gasteiger partial charge in [0.05, 0.1) is 6.42 Å². The van der Waals surface area contributed by atoms with E-state index in [0.717, 1.165) is 25.9 Å². The minimum atomic E-state index is 0. The summed E-state index contributed by atoms with van der Waals surface area (Å²) in [6, 6.07) is 6.72. The summed E-state index contributed by atoms with van der Waals surface area (Å²) in [7, 11) is 1.95. The maximum atomic E-state index is 12.5. The average molecular weight is 297 g/mol. The minimum Gasteiger partial charge on any atom is -0.338 e. The van der Waals surface area contributed by atoms with Gasteiger partial charge in [0, 0.05) is 19.1 Å². The summed E-state index contributed by atoms with van der Waals surface area (Å²) >= 11 is 0. The van der Waals surface area contributed by atoms with Crippen LogP contribution >= 0.6 is 12.4 Å². The number of benzene rings is 1. The third-order valence-corrected chi connectivity index (χ3v) is 3.98. The lowest BCUT2D eigenvalue weighted by Gasteiger charge is -2.25. The van der Waals surface area contributed by atoms with Gasteiger partial charge in [-0.2, -0.15) is 0 Å². The number of aryl methyl sites for hydroxylation is 2. The second-order valence-corrected chi connectivity index (χ2v) is 5.55. The number of likely N-dealkylation sites (N-methyl/N-ethyl adjacent to an activating group) is 1. The normalized spacial score (nSPS) is 17.9. The Kier molecular flexibility index (Phi) is 6.50. The van der Waals surface area contributed by atoms with Crippen molar-refractivity contribution in [1.29, 1.82) is 0 Å². The van der Waals surface area contributed by atoms with Gasteiger partial charge in [-0.25, -0.2) is 0 Å². The number of halogens is 1. The summed E-state index contributed by atoms with van der Waals surface area (Å²) in [4.78, 5) is 14.5. The van der Waals surface area contributed by atoms with Crippen molar-refractivity contribution >= 4 is 18.3 Å². The first kappa shape index (κ1) is 17.0. The SMILES string of the molecule is CNCC1CCCN1C(=O)Cc1cc(C)ccc1C.Cl. The number of carbonyl (C=O) groups excluding carboxylic acids is 1. The molecule has 1 aromatic carbocycles. The lowest BCUT2D eigenvalue weighted by molar-refractivity contribution is -0.131. The van der Waals surface area contributed by atoms with Crippen LogP contribution in [0.5, 0.6) is 0 Å². The molecule has 0 radical (unpaired) electrons. The van der Waals surface area contributed by atoms with E-state index in [0.29, 0.717) is 12.5 Å². The molecule has 1 unspecified atom stereocenters. The highest BCUT2D eigenvalue weighted by Crippen LogP contribution is 2.19. The number of nitrogens with one attached hydrogen (secondary N) is 1. The molecule has 1 atom stereocenters. The van der Waals surface area contributed by atoms with E-state index < -0.39 is 0 Å². The Balaban J connectivity index is 0.00000200. The van der Waals surface area contributed by atoms with Gasteiger partial charge in [-0.15, -0.1) is 12.4 Å². The van der Waals surface area contributed by atoms with Crippen LogP contribution in [0, 0.1) is 13.8 Å². The molecule has 1 aliphatic heterocycles. The second-order valence-electron chi connectivity index (χ2n) is 5.55. The van der Waals surface area contributed by atoms with Crippen LogP contribution in [0.1, 0.15) is 29.5 Å². The van der Waals surface area contributed by atoms with Gasteiger partial charge in [-0.05, 0) is 44.9 Å². The van der Waals surface area contributed by atoms with Gasteiger partial charge in [0.25, 0.3) is 0 Å². The zero-order valence-electron chi connectivity index (χ0n) is 12.6. The number of amides is 1. The van der Waals surface area contributed by atoms with Gasteiger partial charge in [-0.3, -0.25) is 4.79 Å². The van der Waals surface area contributed by atoms with Gasteiger partial charge >= 0.3 is 0 Å². The number of rotatable bonds is 4. The molecule has 1 N–H and O–H groups in total. The number of nitrogens with zero attached hydrogens (tertiary/aromatic N) is 1. The molecule has 0 spiro atoms. The summed E-state index contributed by atoms with van der Waals surface area (Å²) in [6.45, 7) is 5.97. The Morgan fingerprint density at radius 2 is 2.15 bits per heavy atom. The Morgan fingerprint density at radius 3 is 2.85 bits per heavy atom. The van der Waals surface area contributed by atoms with Crippen LogP contribution in [-0.4, -0.2) is 37.0 Å². The van der Waals surface area contributed by atoms with Crippen molar-refractivity contribution in [2.45, 2.75) is 39.2 Å². The molecule has 0 bridgehead atoms. The van der Waals surface area contributed by atoms with Crippen LogP contribution in [0.15, 0.2) is 18.2 Å². The van der Waals surface area contributed by atoms with Crippen molar-refractivity contribution in [1.82, 2.24) is 10.2 Å². The van der Waals surface area contributed by atoms with Crippen molar-refractivity contribution in [2.75, 3.05) is 20.1 Å². The van der Waals surface area contributed by atoms with Crippen LogP contribution in [-0.2, 0) is 11.2 Å². The first-order valence-electron chi connectivity index (χ1n) is 7.12. The van der Waals surface area contributed by atoms with Crippen molar-refractivity contribution in [3.8, 4) is 0 Å². The summed E-state index contributed by atoms with van der Waals surface area (Å²) in [6.07, 6.45) is 2.79. The quantitative estimate of drug-likeness (QED) is 0.926. The van der Waals surface area contributed by atoms with E-state index in [-0.39, 0.29) is 18.3 Å². The summed E-state index contributed by atoms with van der Waals surface area (Å²) in [5.74, 6) is 0.270. The fraction of sp³-hybridized carbons (Fsp3) is 0.562. The number of carbonyl (C=O) groups is 1.